The van der Waals surface area contributed by atoms with Crippen molar-refractivity contribution in [3.63, 3.8) is 0 Å². The van der Waals surface area contributed by atoms with Crippen LogP contribution in [0.5, 0.6) is 0 Å². The summed E-state index contributed by atoms with van der Waals surface area (Å²) in [5.74, 6) is -0.274. The third-order valence-corrected chi connectivity index (χ3v) is 4.23. The van der Waals surface area contributed by atoms with Gasteiger partial charge in [-0.3, -0.25) is 24.0 Å². The molecule has 3 rings (SSSR count). The van der Waals surface area contributed by atoms with Crippen molar-refractivity contribution in [3.8, 4) is 0 Å². The zero-order valence-electron chi connectivity index (χ0n) is 12.5. The van der Waals surface area contributed by atoms with Crippen molar-refractivity contribution in [2.24, 2.45) is 0 Å². The summed E-state index contributed by atoms with van der Waals surface area (Å²) in [6.07, 6.45) is 4.33. The fourth-order valence-corrected chi connectivity index (χ4v) is 3.13. The van der Waals surface area contributed by atoms with Crippen molar-refractivity contribution in [2.75, 3.05) is 0 Å². The lowest BCUT2D eigenvalue weighted by Gasteiger charge is -2.05. The Hall–Kier alpha value is -2.75. The van der Waals surface area contributed by atoms with Crippen LogP contribution < -0.4 is 5.32 Å². The van der Waals surface area contributed by atoms with E-state index in [1.165, 1.54) is 10.9 Å². The highest BCUT2D eigenvalue weighted by Gasteiger charge is 2.14. The van der Waals surface area contributed by atoms with E-state index in [-0.39, 0.29) is 18.1 Å². The standard InChI is InChI=1S/C13H14N6O3S/c1-8-5-18-11(9(2)16-13(18)23-8)4-14-12(20)7-17-6-10(3-15-17)19(21)22/h3,5-6H,4,7H2,1-2H3,(H,14,20). The maximum atomic E-state index is 12.0. The summed E-state index contributed by atoms with van der Waals surface area (Å²) in [6, 6.07) is 0. The number of thiazole rings is 1. The highest BCUT2D eigenvalue weighted by Crippen LogP contribution is 2.20. The molecule has 23 heavy (non-hydrogen) atoms. The molecule has 3 heterocycles. The van der Waals surface area contributed by atoms with Gasteiger partial charge in [-0.25, -0.2) is 4.98 Å². The number of carbonyl (C=O) groups is 1. The fourth-order valence-electron chi connectivity index (χ4n) is 2.24. The van der Waals surface area contributed by atoms with Crippen molar-refractivity contribution in [1.29, 1.82) is 0 Å². The molecule has 0 bridgehead atoms. The first-order valence-corrected chi connectivity index (χ1v) is 7.63. The molecule has 0 atom stereocenters. The second-order valence-electron chi connectivity index (χ2n) is 5.07. The molecule has 0 fully saturated rings. The minimum Gasteiger partial charge on any atom is -0.349 e. The largest absolute Gasteiger partial charge is 0.349 e. The molecule has 3 aromatic heterocycles. The lowest BCUT2D eigenvalue weighted by atomic mass is 10.3. The highest BCUT2D eigenvalue weighted by molar-refractivity contribution is 7.17. The van der Waals surface area contributed by atoms with Crippen molar-refractivity contribution in [3.05, 3.63) is 45.0 Å². The molecule has 9 nitrogen and oxygen atoms in total. The van der Waals surface area contributed by atoms with E-state index in [1.807, 2.05) is 24.4 Å². The number of aryl methyl sites for hydroxylation is 2. The predicted molar refractivity (Wildman–Crippen MR) is 83.3 cm³/mol. The quantitative estimate of drug-likeness (QED) is 0.561. The zero-order valence-corrected chi connectivity index (χ0v) is 13.3. The molecule has 0 unspecified atom stereocenters. The smallest absolute Gasteiger partial charge is 0.307 e. The molecular formula is C13H14N6O3S. The van der Waals surface area contributed by atoms with Crippen LogP contribution in [0.15, 0.2) is 18.6 Å². The van der Waals surface area contributed by atoms with Crippen LogP contribution in [0.2, 0.25) is 0 Å². The van der Waals surface area contributed by atoms with Gasteiger partial charge in [-0.2, -0.15) is 5.10 Å². The first kappa shape index (κ1) is 15.2. The Labute approximate surface area is 134 Å². The van der Waals surface area contributed by atoms with Gasteiger partial charge in [0.15, 0.2) is 4.96 Å². The van der Waals surface area contributed by atoms with Gasteiger partial charge in [-0.05, 0) is 13.8 Å². The molecule has 0 aliphatic carbocycles. The normalized spacial score (nSPS) is 11.0. The van der Waals surface area contributed by atoms with Crippen LogP contribution in [0.25, 0.3) is 4.96 Å². The minimum atomic E-state index is -0.549. The van der Waals surface area contributed by atoms with E-state index < -0.39 is 4.92 Å². The van der Waals surface area contributed by atoms with Gasteiger partial charge < -0.3 is 5.32 Å². The van der Waals surface area contributed by atoms with Gasteiger partial charge in [-0.15, -0.1) is 11.3 Å². The van der Waals surface area contributed by atoms with E-state index in [1.54, 1.807) is 11.3 Å². The Kier molecular flexibility index (Phi) is 3.82. The van der Waals surface area contributed by atoms with Crippen LogP contribution in [0.3, 0.4) is 0 Å². The van der Waals surface area contributed by atoms with Crippen LogP contribution in [-0.4, -0.2) is 30.0 Å². The van der Waals surface area contributed by atoms with E-state index in [0.29, 0.717) is 6.54 Å². The van der Waals surface area contributed by atoms with Crippen molar-refractivity contribution in [2.45, 2.75) is 26.9 Å². The molecule has 0 aromatic carbocycles. The van der Waals surface area contributed by atoms with Gasteiger partial charge in [0, 0.05) is 11.1 Å². The third-order valence-electron chi connectivity index (χ3n) is 3.33. The van der Waals surface area contributed by atoms with Gasteiger partial charge in [0.25, 0.3) is 0 Å². The van der Waals surface area contributed by atoms with Gasteiger partial charge in [0.2, 0.25) is 5.91 Å². The van der Waals surface area contributed by atoms with Crippen LogP contribution in [0, 0.1) is 24.0 Å². The summed E-state index contributed by atoms with van der Waals surface area (Å²) in [5.41, 5.74) is 1.65. The minimum absolute atomic E-state index is 0.0719. The summed E-state index contributed by atoms with van der Waals surface area (Å²) < 4.78 is 3.20. The molecule has 0 saturated heterocycles. The average molecular weight is 334 g/mol. The molecule has 1 N–H and O–H groups in total. The second-order valence-corrected chi connectivity index (χ2v) is 6.28. The van der Waals surface area contributed by atoms with E-state index >= 15 is 0 Å². The zero-order chi connectivity index (χ0) is 16.6. The maximum Gasteiger partial charge on any atom is 0.307 e. The summed E-state index contributed by atoms with van der Waals surface area (Å²) in [5, 5.41) is 17.2. The van der Waals surface area contributed by atoms with Crippen LogP contribution in [0.4, 0.5) is 5.69 Å². The summed E-state index contributed by atoms with van der Waals surface area (Å²) in [6.45, 7) is 4.16. The molecule has 0 aliphatic rings. The first-order chi connectivity index (χ1) is 10.9. The number of carbonyl (C=O) groups excluding carboxylic acids is 1. The molecule has 0 radical (unpaired) electrons. The van der Waals surface area contributed by atoms with Gasteiger partial charge in [0.1, 0.15) is 18.9 Å². The number of nitrogens with zero attached hydrogens (tertiary/aromatic N) is 5. The van der Waals surface area contributed by atoms with Crippen LogP contribution in [0.1, 0.15) is 16.3 Å². The van der Waals surface area contributed by atoms with Crippen LogP contribution in [-0.2, 0) is 17.9 Å². The predicted octanol–water partition coefficient (Wildman–Crippen LogP) is 1.43. The molecule has 0 spiro atoms. The van der Waals surface area contributed by atoms with E-state index in [9.17, 15) is 14.9 Å². The number of amides is 1. The molecule has 0 aliphatic heterocycles. The number of nitro groups is 1. The average Bonchev–Trinajstić information content (AvgIpc) is 3.12. The van der Waals surface area contributed by atoms with E-state index in [2.05, 4.69) is 15.4 Å². The number of rotatable bonds is 5. The molecule has 120 valence electrons. The summed E-state index contributed by atoms with van der Waals surface area (Å²) in [4.78, 5) is 28.5. The lowest BCUT2D eigenvalue weighted by Crippen LogP contribution is -2.28. The number of fused-ring (bicyclic) bond motifs is 1. The molecule has 0 saturated carbocycles. The molecule has 1 amide bonds. The number of hydrogen-bond donors (Lipinski definition) is 1. The Balaban J connectivity index is 1.65. The molecular weight excluding hydrogens is 320 g/mol. The monoisotopic (exact) mass is 334 g/mol. The molecule has 10 heteroatoms. The number of hydrogen-bond acceptors (Lipinski definition) is 6. The van der Waals surface area contributed by atoms with Gasteiger partial charge in [0.05, 0.1) is 22.9 Å². The Morgan fingerprint density at radius 3 is 2.91 bits per heavy atom. The van der Waals surface area contributed by atoms with Crippen LogP contribution >= 0.6 is 11.3 Å². The summed E-state index contributed by atoms with van der Waals surface area (Å²) in [7, 11) is 0. The topological polar surface area (TPSA) is 107 Å². The third kappa shape index (κ3) is 3.06. The second kappa shape index (κ2) is 5.80. The van der Waals surface area contributed by atoms with Gasteiger partial charge in [-0.1, -0.05) is 0 Å². The highest BCUT2D eigenvalue weighted by atomic mass is 32.1. The SMILES string of the molecule is Cc1cn2c(CNC(=O)Cn3cc([N+](=O)[O-])cn3)c(C)nc2s1. The first-order valence-electron chi connectivity index (χ1n) is 6.81. The maximum absolute atomic E-state index is 12.0. The number of aromatic nitrogens is 4. The number of imidazole rings is 1. The fraction of sp³-hybridized carbons (Fsp3) is 0.308. The summed E-state index contributed by atoms with van der Waals surface area (Å²) >= 11 is 1.59. The Morgan fingerprint density at radius 1 is 1.43 bits per heavy atom. The Morgan fingerprint density at radius 2 is 2.22 bits per heavy atom. The van der Waals surface area contributed by atoms with Crippen molar-refractivity contribution < 1.29 is 9.72 Å². The van der Waals surface area contributed by atoms with Gasteiger partial charge >= 0.3 is 5.69 Å². The molecule has 3 aromatic rings. The lowest BCUT2D eigenvalue weighted by molar-refractivity contribution is -0.385. The van der Waals surface area contributed by atoms with Crippen molar-refractivity contribution in [1.82, 2.24) is 24.5 Å². The number of nitrogens with one attached hydrogen (secondary N) is 1. The van der Waals surface area contributed by atoms with Crippen molar-refractivity contribution >= 4 is 27.9 Å². The van der Waals surface area contributed by atoms with E-state index in [4.69, 9.17) is 0 Å². The van der Waals surface area contributed by atoms with E-state index in [0.717, 1.165) is 27.4 Å². The Bertz CT molecular complexity index is 893.